The van der Waals surface area contributed by atoms with Crippen LogP contribution >= 0.6 is 0 Å². The number of guanidine groups is 1. The van der Waals surface area contributed by atoms with Crippen molar-refractivity contribution in [2.45, 2.75) is 50.5 Å². The minimum absolute atomic E-state index is 0.0379. The van der Waals surface area contributed by atoms with Crippen molar-refractivity contribution in [2.75, 3.05) is 33.7 Å². The summed E-state index contributed by atoms with van der Waals surface area (Å²) in [6.07, 6.45) is 11.4. The summed E-state index contributed by atoms with van der Waals surface area (Å²) in [5.41, 5.74) is 1.29. The number of carbonyl (C=O) groups is 1. The molecule has 1 atom stereocenters. The Bertz CT molecular complexity index is 632. The van der Waals surface area contributed by atoms with Crippen LogP contribution in [0.2, 0.25) is 0 Å². The van der Waals surface area contributed by atoms with E-state index >= 15 is 0 Å². The first-order valence-corrected chi connectivity index (χ1v) is 9.77. The van der Waals surface area contributed by atoms with Gasteiger partial charge in [-0.15, -0.1) is 0 Å². The molecule has 1 unspecified atom stereocenters. The number of hydrogen-bond donors (Lipinski definition) is 1. The van der Waals surface area contributed by atoms with E-state index in [1.807, 2.05) is 17.9 Å². The molecule has 1 saturated heterocycles. The summed E-state index contributed by atoms with van der Waals surface area (Å²) in [4.78, 5) is 20.6. The Balaban J connectivity index is 1.67. The largest absolute Gasteiger partial charge is 0.353 e. The van der Waals surface area contributed by atoms with Crippen molar-refractivity contribution in [2.24, 2.45) is 12.0 Å². The number of likely N-dealkylation sites (tertiary alicyclic amines) is 1. The average molecular weight is 361 g/mol. The smallest absolute Gasteiger partial charge is 0.243 e. The van der Waals surface area contributed by atoms with Crippen molar-refractivity contribution < 1.29 is 4.79 Å². The predicted molar refractivity (Wildman–Crippen MR) is 103 cm³/mol. The van der Waals surface area contributed by atoms with Crippen LogP contribution in [0.25, 0.3) is 0 Å². The molecule has 1 aromatic rings. The van der Waals surface area contributed by atoms with Crippen molar-refractivity contribution in [3.63, 3.8) is 0 Å². The van der Waals surface area contributed by atoms with Crippen LogP contribution in [-0.2, 0) is 11.8 Å². The third-order valence-electron chi connectivity index (χ3n) is 5.49. The van der Waals surface area contributed by atoms with Gasteiger partial charge in [0.25, 0.3) is 0 Å². The third-order valence-corrected chi connectivity index (χ3v) is 5.49. The van der Waals surface area contributed by atoms with E-state index in [1.165, 1.54) is 37.7 Å². The molecule has 3 rings (SSSR count). The number of rotatable bonds is 4. The van der Waals surface area contributed by atoms with Gasteiger partial charge < -0.3 is 15.1 Å². The summed E-state index contributed by atoms with van der Waals surface area (Å²) < 4.78 is 1.86. The first-order valence-electron chi connectivity index (χ1n) is 9.77. The highest BCUT2D eigenvalue weighted by Crippen LogP contribution is 2.27. The summed E-state index contributed by atoms with van der Waals surface area (Å²) in [7, 11) is 5.52. The van der Waals surface area contributed by atoms with Gasteiger partial charge in [-0.2, -0.15) is 5.10 Å². The van der Waals surface area contributed by atoms with Gasteiger partial charge in [-0.3, -0.25) is 9.48 Å². The van der Waals surface area contributed by atoms with Gasteiger partial charge in [0, 0.05) is 52.4 Å². The van der Waals surface area contributed by atoms with Crippen LogP contribution in [-0.4, -0.2) is 71.2 Å². The van der Waals surface area contributed by atoms with E-state index in [0.717, 1.165) is 25.5 Å². The molecule has 1 N–H and O–H groups in total. The Labute approximate surface area is 156 Å². The fraction of sp³-hybridized carbons (Fsp3) is 0.737. The van der Waals surface area contributed by atoms with Gasteiger partial charge in [0.2, 0.25) is 5.91 Å². The number of nitrogens with zero attached hydrogens (tertiary/aromatic N) is 5. The van der Waals surface area contributed by atoms with Gasteiger partial charge in [0.05, 0.1) is 6.20 Å². The second-order valence-corrected chi connectivity index (χ2v) is 7.79. The zero-order chi connectivity index (χ0) is 18.5. The lowest BCUT2D eigenvalue weighted by Gasteiger charge is -2.29. The first kappa shape index (κ1) is 18.7. The highest BCUT2D eigenvalue weighted by molar-refractivity contribution is 5.85. The van der Waals surface area contributed by atoms with E-state index in [9.17, 15) is 4.79 Å². The standard InChI is InChI=1S/C19H32N6O/c1-23(2)18(26)12-20-19(22-17-7-5-4-6-8-17)25-10-9-15(14-25)16-11-21-24(3)13-16/h11,13,15,17H,4-10,12,14H2,1-3H3,(H,20,22). The summed E-state index contributed by atoms with van der Waals surface area (Å²) >= 11 is 0. The summed E-state index contributed by atoms with van der Waals surface area (Å²) in [5.74, 6) is 1.42. The molecule has 26 heavy (non-hydrogen) atoms. The molecular weight excluding hydrogens is 328 g/mol. The number of aromatic nitrogens is 2. The second kappa shape index (κ2) is 8.56. The molecule has 0 aromatic carbocycles. The quantitative estimate of drug-likeness (QED) is 0.654. The molecule has 144 valence electrons. The molecule has 1 aromatic heterocycles. The third kappa shape index (κ3) is 4.77. The molecular formula is C19H32N6O. The maximum atomic E-state index is 12.0. The number of aryl methyl sites for hydroxylation is 1. The lowest BCUT2D eigenvalue weighted by Crippen LogP contribution is -2.46. The molecule has 1 aliphatic carbocycles. The van der Waals surface area contributed by atoms with E-state index in [4.69, 9.17) is 0 Å². The van der Waals surface area contributed by atoms with Crippen LogP contribution in [0.4, 0.5) is 0 Å². The number of amides is 1. The van der Waals surface area contributed by atoms with Crippen LogP contribution in [0, 0.1) is 0 Å². The number of likely N-dealkylation sites (N-methyl/N-ethyl adjacent to an activating group) is 1. The zero-order valence-corrected chi connectivity index (χ0v) is 16.3. The second-order valence-electron chi connectivity index (χ2n) is 7.79. The number of aliphatic imine (C=N–C) groups is 1. The maximum Gasteiger partial charge on any atom is 0.243 e. The van der Waals surface area contributed by atoms with Crippen molar-refractivity contribution in [3.05, 3.63) is 18.0 Å². The molecule has 2 aliphatic rings. The van der Waals surface area contributed by atoms with Crippen LogP contribution < -0.4 is 5.32 Å². The topological polar surface area (TPSA) is 65.8 Å². The van der Waals surface area contributed by atoms with Crippen molar-refractivity contribution in [3.8, 4) is 0 Å². The van der Waals surface area contributed by atoms with Crippen LogP contribution in [0.5, 0.6) is 0 Å². The highest BCUT2D eigenvalue weighted by Gasteiger charge is 2.28. The lowest BCUT2D eigenvalue weighted by atomic mass is 9.96. The normalized spacial score (nSPS) is 21.9. The Morgan fingerprint density at radius 1 is 1.31 bits per heavy atom. The fourth-order valence-electron chi connectivity index (χ4n) is 3.83. The van der Waals surface area contributed by atoms with Crippen LogP contribution in [0.15, 0.2) is 17.4 Å². The first-order chi connectivity index (χ1) is 12.5. The van der Waals surface area contributed by atoms with Gasteiger partial charge in [-0.25, -0.2) is 4.99 Å². The zero-order valence-electron chi connectivity index (χ0n) is 16.3. The lowest BCUT2D eigenvalue weighted by molar-refractivity contribution is -0.127. The average Bonchev–Trinajstić information content (AvgIpc) is 3.28. The van der Waals surface area contributed by atoms with E-state index < -0.39 is 0 Å². The van der Waals surface area contributed by atoms with Gasteiger partial charge in [0.1, 0.15) is 6.54 Å². The molecule has 7 heteroatoms. The Morgan fingerprint density at radius 2 is 2.08 bits per heavy atom. The molecule has 2 fully saturated rings. The Hall–Kier alpha value is -2.05. The minimum atomic E-state index is 0.0379. The summed E-state index contributed by atoms with van der Waals surface area (Å²) in [5, 5.41) is 7.96. The SMILES string of the molecule is CN(C)C(=O)CN=C(NC1CCCCC1)N1CCC(c2cnn(C)c2)C1. The number of hydrogen-bond acceptors (Lipinski definition) is 3. The van der Waals surface area contributed by atoms with Gasteiger partial charge in [-0.1, -0.05) is 19.3 Å². The van der Waals surface area contributed by atoms with Gasteiger partial charge in [-0.05, 0) is 24.8 Å². The molecule has 0 bridgehead atoms. The minimum Gasteiger partial charge on any atom is -0.353 e. The molecule has 2 heterocycles. The summed E-state index contributed by atoms with van der Waals surface area (Å²) in [6, 6.07) is 0.481. The highest BCUT2D eigenvalue weighted by atomic mass is 16.2. The van der Waals surface area contributed by atoms with E-state index in [0.29, 0.717) is 12.0 Å². The van der Waals surface area contributed by atoms with Gasteiger partial charge >= 0.3 is 0 Å². The number of carbonyl (C=O) groups excluding carboxylic acids is 1. The van der Waals surface area contributed by atoms with Crippen LogP contribution in [0.3, 0.4) is 0 Å². The number of nitrogens with one attached hydrogen (secondary N) is 1. The molecule has 0 spiro atoms. The monoisotopic (exact) mass is 360 g/mol. The fourth-order valence-corrected chi connectivity index (χ4v) is 3.83. The molecule has 7 nitrogen and oxygen atoms in total. The summed E-state index contributed by atoms with van der Waals surface area (Å²) in [6.45, 7) is 2.10. The van der Waals surface area contributed by atoms with E-state index in [1.54, 1.807) is 19.0 Å². The maximum absolute atomic E-state index is 12.0. The molecule has 1 amide bonds. The molecule has 1 saturated carbocycles. The molecule has 0 radical (unpaired) electrons. The van der Waals surface area contributed by atoms with Crippen molar-refractivity contribution >= 4 is 11.9 Å². The van der Waals surface area contributed by atoms with Crippen LogP contribution in [0.1, 0.15) is 50.0 Å². The van der Waals surface area contributed by atoms with Gasteiger partial charge in [0.15, 0.2) is 5.96 Å². The van der Waals surface area contributed by atoms with Crippen molar-refractivity contribution in [1.29, 1.82) is 0 Å². The van der Waals surface area contributed by atoms with Crippen molar-refractivity contribution in [1.82, 2.24) is 24.9 Å². The Morgan fingerprint density at radius 3 is 2.73 bits per heavy atom. The predicted octanol–water partition coefficient (Wildman–Crippen LogP) is 1.58. The Kier molecular flexibility index (Phi) is 6.16. The molecule has 1 aliphatic heterocycles. The van der Waals surface area contributed by atoms with E-state index in [-0.39, 0.29) is 12.5 Å². The van der Waals surface area contributed by atoms with E-state index in [2.05, 4.69) is 26.5 Å².